The largest absolute Gasteiger partial charge is 0.160 e. The highest BCUT2D eigenvalue weighted by molar-refractivity contribution is 4.74. The lowest BCUT2D eigenvalue weighted by molar-refractivity contribution is 0.637. The van der Waals surface area contributed by atoms with Crippen LogP contribution < -0.4 is 5.73 Å². The summed E-state index contributed by atoms with van der Waals surface area (Å²) in [7, 11) is 0. The van der Waals surface area contributed by atoms with E-state index in [0.717, 1.165) is 12.6 Å². The number of hydrogen-bond acceptors (Lipinski definition) is 0. The zero-order chi connectivity index (χ0) is 7.66. The van der Waals surface area contributed by atoms with E-state index < -0.39 is 0 Å². The molecule has 0 saturated carbocycles. The van der Waals surface area contributed by atoms with E-state index in [1.54, 1.807) is 0 Å². The van der Waals surface area contributed by atoms with Gasteiger partial charge in [0.15, 0.2) is 0 Å². The van der Waals surface area contributed by atoms with Crippen LogP contribution in [0.3, 0.4) is 0 Å². The van der Waals surface area contributed by atoms with Crippen LogP contribution in [0.5, 0.6) is 0 Å². The van der Waals surface area contributed by atoms with Gasteiger partial charge in [-0.05, 0) is 12.8 Å². The molecule has 0 heterocycles. The predicted octanol–water partition coefficient (Wildman–Crippen LogP) is 2.93. The number of nitrogens with zero attached hydrogens (tertiary/aromatic N) is 1. The van der Waals surface area contributed by atoms with Gasteiger partial charge in [-0.2, -0.15) is 5.73 Å². The Bertz CT molecular complexity index is 76.8. The monoisotopic (exact) mass is 139 g/mol. The molecule has 0 aromatic rings. The van der Waals surface area contributed by atoms with Crippen molar-refractivity contribution in [3.63, 3.8) is 0 Å². The van der Waals surface area contributed by atoms with Gasteiger partial charge < -0.3 is 0 Å². The van der Waals surface area contributed by atoms with Crippen molar-refractivity contribution >= 4 is 0 Å². The van der Waals surface area contributed by atoms with E-state index in [1.807, 2.05) is 6.08 Å². The van der Waals surface area contributed by atoms with Crippen molar-refractivity contribution in [2.24, 2.45) is 0 Å². The lowest BCUT2D eigenvalue weighted by Gasteiger charge is -1.94. The van der Waals surface area contributed by atoms with Crippen molar-refractivity contribution in [2.45, 2.75) is 45.4 Å². The summed E-state index contributed by atoms with van der Waals surface area (Å²) in [5.74, 6) is 0. The predicted molar refractivity (Wildman–Crippen MR) is 44.7 cm³/mol. The summed E-state index contributed by atoms with van der Waals surface area (Å²) in [6.07, 6.45) is 10.5. The SMILES string of the molecule is CCCCCCC/C=C/[N]. The Morgan fingerprint density at radius 1 is 1.10 bits per heavy atom. The van der Waals surface area contributed by atoms with Crippen LogP contribution in [-0.2, 0) is 0 Å². The van der Waals surface area contributed by atoms with Crippen LogP contribution in [0.25, 0.3) is 0 Å². The van der Waals surface area contributed by atoms with E-state index in [2.05, 4.69) is 6.92 Å². The normalized spacial score (nSPS) is 10.9. The van der Waals surface area contributed by atoms with Gasteiger partial charge in [0.2, 0.25) is 0 Å². The zero-order valence-corrected chi connectivity index (χ0v) is 6.84. The van der Waals surface area contributed by atoms with Gasteiger partial charge in [0, 0.05) is 6.20 Å². The average molecular weight is 139 g/mol. The fourth-order valence-electron chi connectivity index (χ4n) is 0.940. The van der Waals surface area contributed by atoms with E-state index in [0.29, 0.717) is 0 Å². The third kappa shape index (κ3) is 7.54. The van der Waals surface area contributed by atoms with Gasteiger partial charge in [-0.15, -0.1) is 0 Å². The van der Waals surface area contributed by atoms with Crippen molar-refractivity contribution < 1.29 is 0 Å². The molecule has 0 aliphatic rings. The highest BCUT2D eigenvalue weighted by atomic mass is 14.5. The van der Waals surface area contributed by atoms with Gasteiger partial charge in [0.25, 0.3) is 0 Å². The van der Waals surface area contributed by atoms with Crippen LogP contribution >= 0.6 is 0 Å². The van der Waals surface area contributed by atoms with E-state index in [-0.39, 0.29) is 0 Å². The standard InChI is InChI=1S/C9H17N/c1-2-3-4-5-6-7-8-9-10/h8-9H,2-7H2,1H3/b9-8+. The topological polar surface area (TPSA) is 22.3 Å². The van der Waals surface area contributed by atoms with Crippen molar-refractivity contribution in [1.29, 1.82) is 0 Å². The number of unbranched alkanes of at least 4 members (excludes halogenated alkanes) is 5. The molecular formula is C9H17N. The quantitative estimate of drug-likeness (QED) is 0.505. The molecule has 0 aromatic carbocycles. The molecule has 0 amide bonds. The molecule has 0 aliphatic carbocycles. The molecule has 0 aromatic heterocycles. The lowest BCUT2D eigenvalue weighted by atomic mass is 10.1. The Kier molecular flexibility index (Phi) is 8.15. The first-order valence-electron chi connectivity index (χ1n) is 4.21. The molecule has 0 rings (SSSR count). The van der Waals surface area contributed by atoms with Crippen molar-refractivity contribution in [3.8, 4) is 0 Å². The highest BCUT2D eigenvalue weighted by Gasteiger charge is 1.85. The zero-order valence-electron chi connectivity index (χ0n) is 6.84. The van der Waals surface area contributed by atoms with E-state index in [9.17, 15) is 0 Å². The first kappa shape index (κ1) is 9.54. The smallest absolute Gasteiger partial charge is 0.0455 e. The second kappa shape index (κ2) is 8.54. The van der Waals surface area contributed by atoms with Crippen LogP contribution in [0.2, 0.25) is 0 Å². The van der Waals surface area contributed by atoms with Crippen LogP contribution in [0, 0.1) is 0 Å². The molecule has 0 spiro atoms. The van der Waals surface area contributed by atoms with Crippen molar-refractivity contribution in [3.05, 3.63) is 12.3 Å². The molecule has 0 bridgehead atoms. The summed E-state index contributed by atoms with van der Waals surface area (Å²) in [6.45, 7) is 2.22. The number of rotatable bonds is 6. The Morgan fingerprint density at radius 2 is 1.80 bits per heavy atom. The summed E-state index contributed by atoms with van der Waals surface area (Å²) in [6, 6.07) is 0. The molecule has 10 heavy (non-hydrogen) atoms. The van der Waals surface area contributed by atoms with Gasteiger partial charge in [0.1, 0.15) is 0 Å². The Hall–Kier alpha value is -0.460. The molecule has 1 heteroatoms. The van der Waals surface area contributed by atoms with Gasteiger partial charge in [-0.3, -0.25) is 0 Å². The number of hydrogen-bond donors (Lipinski definition) is 0. The molecule has 0 saturated heterocycles. The van der Waals surface area contributed by atoms with Crippen LogP contribution in [-0.4, -0.2) is 0 Å². The fourth-order valence-corrected chi connectivity index (χ4v) is 0.940. The van der Waals surface area contributed by atoms with Crippen LogP contribution in [0.1, 0.15) is 45.4 Å². The third-order valence-electron chi connectivity index (χ3n) is 1.58. The molecular weight excluding hydrogens is 122 g/mol. The van der Waals surface area contributed by atoms with Gasteiger partial charge in [0.05, 0.1) is 0 Å². The molecule has 0 atom stereocenters. The van der Waals surface area contributed by atoms with E-state index in [1.165, 1.54) is 32.1 Å². The molecule has 0 fully saturated rings. The molecule has 1 nitrogen and oxygen atoms in total. The molecule has 0 N–H and O–H groups in total. The summed E-state index contributed by atoms with van der Waals surface area (Å²) < 4.78 is 0. The molecule has 0 unspecified atom stereocenters. The minimum absolute atomic E-state index is 1.03. The van der Waals surface area contributed by atoms with Gasteiger partial charge in [-0.1, -0.05) is 38.7 Å². The molecule has 0 aliphatic heterocycles. The van der Waals surface area contributed by atoms with Crippen molar-refractivity contribution in [1.82, 2.24) is 5.73 Å². The Balaban J connectivity index is 2.77. The average Bonchev–Trinajstić information content (AvgIpc) is 1.97. The number of allylic oxidation sites excluding steroid dienone is 1. The van der Waals surface area contributed by atoms with Crippen LogP contribution in [0.4, 0.5) is 0 Å². The highest BCUT2D eigenvalue weighted by Crippen LogP contribution is 2.04. The van der Waals surface area contributed by atoms with Crippen molar-refractivity contribution in [2.75, 3.05) is 0 Å². The van der Waals surface area contributed by atoms with Gasteiger partial charge >= 0.3 is 0 Å². The summed E-state index contributed by atoms with van der Waals surface area (Å²) >= 11 is 0. The van der Waals surface area contributed by atoms with E-state index in [4.69, 9.17) is 5.73 Å². The van der Waals surface area contributed by atoms with Crippen LogP contribution in [0.15, 0.2) is 12.3 Å². The summed E-state index contributed by atoms with van der Waals surface area (Å²) in [4.78, 5) is 0. The maximum absolute atomic E-state index is 8.29. The summed E-state index contributed by atoms with van der Waals surface area (Å²) in [5.41, 5.74) is 8.29. The fraction of sp³-hybridized carbons (Fsp3) is 0.778. The van der Waals surface area contributed by atoms with Gasteiger partial charge in [-0.25, -0.2) is 0 Å². The minimum atomic E-state index is 1.03. The first-order valence-corrected chi connectivity index (χ1v) is 4.21. The minimum Gasteiger partial charge on any atom is -0.160 e. The van der Waals surface area contributed by atoms with E-state index >= 15 is 0 Å². The maximum Gasteiger partial charge on any atom is 0.0455 e. The third-order valence-corrected chi connectivity index (χ3v) is 1.58. The maximum atomic E-state index is 8.29. The second-order valence-corrected chi connectivity index (χ2v) is 2.59. The summed E-state index contributed by atoms with van der Waals surface area (Å²) in [5, 5.41) is 0. The first-order chi connectivity index (χ1) is 4.91. The Morgan fingerprint density at radius 3 is 2.40 bits per heavy atom. The Labute approximate surface area is 64.3 Å². The second-order valence-electron chi connectivity index (χ2n) is 2.59. The molecule has 58 valence electrons. The molecule has 2 radical (unpaired) electrons. The lowest BCUT2D eigenvalue weighted by Crippen LogP contribution is -1.75.